The molecule has 31 heavy (non-hydrogen) atoms. The van der Waals surface area contributed by atoms with Crippen LogP contribution in [0.5, 0.6) is 0 Å². The summed E-state index contributed by atoms with van der Waals surface area (Å²) in [5.74, 6) is -0.359. The van der Waals surface area contributed by atoms with E-state index in [0.29, 0.717) is 32.3 Å². The number of aromatic nitrogens is 3. The predicted molar refractivity (Wildman–Crippen MR) is 130 cm³/mol. The molecule has 0 saturated heterocycles. The summed E-state index contributed by atoms with van der Waals surface area (Å²) < 4.78 is 0.757. The van der Waals surface area contributed by atoms with Crippen LogP contribution in [0.2, 0.25) is 10.0 Å². The lowest BCUT2D eigenvalue weighted by atomic mass is 10.1. The summed E-state index contributed by atoms with van der Waals surface area (Å²) in [5, 5.41) is 12.6. The lowest BCUT2D eigenvalue weighted by Crippen LogP contribution is -2.12. The summed E-state index contributed by atoms with van der Waals surface area (Å²) >= 11 is 15.9. The van der Waals surface area contributed by atoms with Crippen molar-refractivity contribution in [1.29, 1.82) is 0 Å². The standard InChI is InChI=1S/C23H19BrCl2N4O/c1-2-3-4-14-5-8-16(9-6-14)30-28-21-12-19(26)20(13-22(21)29-30)27-23(31)17-11-15(24)7-10-18(17)25/h5-13H,2-4H2,1H3,(H,27,31). The Bertz CT molecular complexity index is 1250. The number of rotatable bonds is 6. The molecule has 8 heteroatoms. The van der Waals surface area contributed by atoms with Crippen LogP contribution in [-0.4, -0.2) is 20.9 Å². The Balaban J connectivity index is 1.60. The highest BCUT2D eigenvalue weighted by Crippen LogP contribution is 2.29. The van der Waals surface area contributed by atoms with E-state index in [2.05, 4.69) is 50.5 Å². The van der Waals surface area contributed by atoms with Crippen molar-refractivity contribution in [2.75, 3.05) is 5.32 Å². The number of halogens is 3. The number of nitrogens with zero attached hydrogens (tertiary/aromatic N) is 3. The van der Waals surface area contributed by atoms with Gasteiger partial charge in [0.15, 0.2) is 0 Å². The maximum Gasteiger partial charge on any atom is 0.257 e. The minimum Gasteiger partial charge on any atom is -0.321 e. The fourth-order valence-corrected chi connectivity index (χ4v) is 3.96. The van der Waals surface area contributed by atoms with Gasteiger partial charge in [0.2, 0.25) is 0 Å². The largest absolute Gasteiger partial charge is 0.321 e. The zero-order valence-electron chi connectivity index (χ0n) is 16.7. The van der Waals surface area contributed by atoms with Gasteiger partial charge in [-0.3, -0.25) is 4.79 Å². The molecule has 0 spiro atoms. The fraction of sp³-hybridized carbons (Fsp3) is 0.174. The first-order chi connectivity index (χ1) is 14.9. The number of carbonyl (C=O) groups excluding carboxylic acids is 1. The molecule has 3 aromatic carbocycles. The van der Waals surface area contributed by atoms with Crippen LogP contribution in [0.3, 0.4) is 0 Å². The van der Waals surface area contributed by atoms with Crippen LogP contribution >= 0.6 is 39.1 Å². The molecule has 0 aliphatic rings. The molecular weight excluding hydrogens is 499 g/mol. The van der Waals surface area contributed by atoms with Gasteiger partial charge in [-0.15, -0.1) is 10.2 Å². The summed E-state index contributed by atoms with van der Waals surface area (Å²) in [6.45, 7) is 2.18. The van der Waals surface area contributed by atoms with Gasteiger partial charge in [-0.05, 0) is 60.9 Å². The molecule has 4 rings (SSSR count). The minimum absolute atomic E-state index is 0.346. The van der Waals surface area contributed by atoms with E-state index in [1.54, 1.807) is 35.1 Å². The summed E-state index contributed by atoms with van der Waals surface area (Å²) in [5.41, 5.74) is 4.20. The Hall–Kier alpha value is -2.41. The molecule has 1 N–H and O–H groups in total. The van der Waals surface area contributed by atoms with Gasteiger partial charge in [-0.25, -0.2) is 0 Å². The van der Waals surface area contributed by atoms with E-state index in [0.717, 1.165) is 16.6 Å². The molecule has 0 atom stereocenters. The van der Waals surface area contributed by atoms with Crippen LogP contribution in [0.4, 0.5) is 5.69 Å². The third-order valence-corrected chi connectivity index (χ3v) is 6.01. The van der Waals surface area contributed by atoms with Crippen LogP contribution in [-0.2, 0) is 6.42 Å². The minimum atomic E-state index is -0.359. The third kappa shape index (κ3) is 4.92. The van der Waals surface area contributed by atoms with Gasteiger partial charge in [-0.2, -0.15) is 4.80 Å². The fourth-order valence-electron chi connectivity index (χ4n) is 3.19. The number of carbonyl (C=O) groups is 1. The average molecular weight is 518 g/mol. The number of amides is 1. The number of fused-ring (bicyclic) bond motifs is 1. The van der Waals surface area contributed by atoms with Crippen molar-refractivity contribution < 1.29 is 4.79 Å². The summed E-state index contributed by atoms with van der Waals surface area (Å²) in [6.07, 6.45) is 3.40. The molecule has 0 fully saturated rings. The maximum atomic E-state index is 12.7. The molecule has 0 radical (unpaired) electrons. The number of nitrogens with one attached hydrogen (secondary N) is 1. The second-order valence-electron chi connectivity index (χ2n) is 7.16. The van der Waals surface area contributed by atoms with E-state index < -0.39 is 0 Å². The molecule has 1 heterocycles. The van der Waals surface area contributed by atoms with Crippen LogP contribution in [0.25, 0.3) is 16.7 Å². The summed E-state index contributed by atoms with van der Waals surface area (Å²) in [6, 6.07) is 16.7. The third-order valence-electron chi connectivity index (χ3n) is 4.88. The van der Waals surface area contributed by atoms with Crippen molar-refractivity contribution in [2.45, 2.75) is 26.2 Å². The molecule has 0 aliphatic carbocycles. The maximum absolute atomic E-state index is 12.7. The highest BCUT2D eigenvalue weighted by Gasteiger charge is 2.15. The summed E-state index contributed by atoms with van der Waals surface area (Å²) in [7, 11) is 0. The zero-order valence-corrected chi connectivity index (χ0v) is 19.8. The first kappa shape index (κ1) is 21.8. The SMILES string of the molecule is CCCCc1ccc(-n2nc3cc(Cl)c(NC(=O)c4cc(Br)ccc4Cl)cc3n2)cc1. The van der Waals surface area contributed by atoms with E-state index in [1.807, 2.05) is 12.1 Å². The van der Waals surface area contributed by atoms with Gasteiger partial charge in [0.05, 0.1) is 27.0 Å². The van der Waals surface area contributed by atoms with Gasteiger partial charge in [0.25, 0.3) is 5.91 Å². The Morgan fingerprint density at radius 1 is 1.00 bits per heavy atom. The first-order valence-electron chi connectivity index (χ1n) is 9.87. The molecule has 0 unspecified atom stereocenters. The Kier molecular flexibility index (Phi) is 6.60. The van der Waals surface area contributed by atoms with E-state index >= 15 is 0 Å². The smallest absolute Gasteiger partial charge is 0.257 e. The van der Waals surface area contributed by atoms with E-state index in [9.17, 15) is 4.79 Å². The van der Waals surface area contributed by atoms with Crippen molar-refractivity contribution in [3.63, 3.8) is 0 Å². The van der Waals surface area contributed by atoms with Gasteiger partial charge < -0.3 is 5.32 Å². The molecule has 1 amide bonds. The summed E-state index contributed by atoms with van der Waals surface area (Å²) in [4.78, 5) is 14.3. The second kappa shape index (κ2) is 9.39. The number of unbranched alkanes of at least 4 members (excludes halogenated alkanes) is 1. The monoisotopic (exact) mass is 516 g/mol. The van der Waals surface area contributed by atoms with Crippen LogP contribution in [0.1, 0.15) is 35.7 Å². The lowest BCUT2D eigenvalue weighted by Gasteiger charge is -2.08. The molecule has 0 saturated carbocycles. The predicted octanol–water partition coefficient (Wildman–Crippen LogP) is 7.08. The van der Waals surface area contributed by atoms with Crippen molar-refractivity contribution in [2.24, 2.45) is 0 Å². The topological polar surface area (TPSA) is 59.8 Å². The average Bonchev–Trinajstić information content (AvgIpc) is 3.17. The van der Waals surface area contributed by atoms with Crippen molar-refractivity contribution in [3.05, 3.63) is 80.2 Å². The van der Waals surface area contributed by atoms with Crippen LogP contribution < -0.4 is 5.32 Å². The first-order valence-corrected chi connectivity index (χ1v) is 11.4. The van der Waals surface area contributed by atoms with Gasteiger partial charge >= 0.3 is 0 Å². The van der Waals surface area contributed by atoms with Crippen LogP contribution in [0, 0.1) is 0 Å². The lowest BCUT2D eigenvalue weighted by molar-refractivity contribution is 0.102. The number of hydrogen-bond donors (Lipinski definition) is 1. The second-order valence-corrected chi connectivity index (χ2v) is 8.89. The van der Waals surface area contributed by atoms with Gasteiger partial charge in [0, 0.05) is 4.47 Å². The van der Waals surface area contributed by atoms with E-state index in [1.165, 1.54) is 18.4 Å². The zero-order chi connectivity index (χ0) is 22.0. The van der Waals surface area contributed by atoms with E-state index in [4.69, 9.17) is 23.2 Å². The Morgan fingerprint density at radius 3 is 2.42 bits per heavy atom. The molecule has 158 valence electrons. The van der Waals surface area contributed by atoms with E-state index in [-0.39, 0.29) is 5.91 Å². The van der Waals surface area contributed by atoms with Crippen molar-refractivity contribution in [1.82, 2.24) is 15.0 Å². The molecule has 4 aromatic rings. The van der Waals surface area contributed by atoms with Gasteiger partial charge in [-0.1, -0.05) is 64.6 Å². The quantitative estimate of drug-likeness (QED) is 0.297. The van der Waals surface area contributed by atoms with Crippen LogP contribution in [0.15, 0.2) is 59.1 Å². The van der Waals surface area contributed by atoms with Crippen molar-refractivity contribution in [3.8, 4) is 5.69 Å². The highest BCUT2D eigenvalue weighted by molar-refractivity contribution is 9.10. The van der Waals surface area contributed by atoms with Gasteiger partial charge in [0.1, 0.15) is 11.0 Å². The molecule has 0 bridgehead atoms. The Morgan fingerprint density at radius 2 is 1.71 bits per heavy atom. The normalized spacial score (nSPS) is 11.1. The molecule has 5 nitrogen and oxygen atoms in total. The molecular formula is C23H19BrCl2N4O. The molecule has 1 aromatic heterocycles. The number of benzene rings is 3. The number of hydrogen-bond acceptors (Lipinski definition) is 3. The number of anilines is 1. The van der Waals surface area contributed by atoms with Crippen molar-refractivity contribution >= 4 is 61.8 Å². The molecule has 0 aliphatic heterocycles. The Labute approximate surface area is 198 Å². The highest BCUT2D eigenvalue weighted by atomic mass is 79.9. The number of aryl methyl sites for hydroxylation is 1.